The molecule has 0 bridgehead atoms. The lowest BCUT2D eigenvalue weighted by Gasteiger charge is -2.21. The number of aromatic nitrogens is 1. The van der Waals surface area contributed by atoms with E-state index in [1.807, 2.05) is 42.9 Å². The van der Waals surface area contributed by atoms with Gasteiger partial charge in [0.2, 0.25) is 0 Å². The van der Waals surface area contributed by atoms with E-state index >= 15 is 0 Å². The van der Waals surface area contributed by atoms with Gasteiger partial charge in [0.15, 0.2) is 0 Å². The maximum atomic E-state index is 11.6. The summed E-state index contributed by atoms with van der Waals surface area (Å²) < 4.78 is 2.01. The molecule has 102 valence electrons. The Hall–Kier alpha value is -1.49. The van der Waals surface area contributed by atoms with Crippen molar-refractivity contribution in [1.82, 2.24) is 15.2 Å². The molecule has 5 nitrogen and oxygen atoms in total. The fourth-order valence-corrected chi connectivity index (χ4v) is 1.75. The largest absolute Gasteiger partial charge is 0.396 e. The lowest BCUT2D eigenvalue weighted by molar-refractivity contribution is 0.218. The van der Waals surface area contributed by atoms with Crippen molar-refractivity contribution in [2.75, 3.05) is 13.2 Å². The summed E-state index contributed by atoms with van der Waals surface area (Å²) in [6.45, 7) is 5.49. The average Bonchev–Trinajstić information content (AvgIpc) is 2.81. The number of nitrogens with zero attached hydrogens (tertiary/aromatic N) is 1. The van der Waals surface area contributed by atoms with Crippen LogP contribution < -0.4 is 10.6 Å². The van der Waals surface area contributed by atoms with E-state index in [4.69, 9.17) is 5.11 Å². The van der Waals surface area contributed by atoms with Gasteiger partial charge in [0.05, 0.1) is 0 Å². The Balaban J connectivity index is 2.23. The van der Waals surface area contributed by atoms with Crippen LogP contribution in [-0.2, 0) is 6.54 Å². The standard InChI is InChI=1S/C13H23N3O2/c1-11(2)12(5-10-17)15-13(18)14-6-9-16-7-3-4-8-16/h3-4,7-8,11-12,17H,5-6,9-10H2,1-2H3,(H2,14,15,18). The highest BCUT2D eigenvalue weighted by Crippen LogP contribution is 2.04. The summed E-state index contributed by atoms with van der Waals surface area (Å²) in [5.41, 5.74) is 0. The minimum atomic E-state index is -0.172. The van der Waals surface area contributed by atoms with Gasteiger partial charge in [0.25, 0.3) is 0 Å². The van der Waals surface area contributed by atoms with Gasteiger partial charge in [-0.15, -0.1) is 0 Å². The summed E-state index contributed by atoms with van der Waals surface area (Å²) in [5, 5.41) is 14.6. The van der Waals surface area contributed by atoms with Gasteiger partial charge in [0, 0.05) is 38.1 Å². The van der Waals surface area contributed by atoms with Crippen molar-refractivity contribution in [3.63, 3.8) is 0 Å². The van der Waals surface area contributed by atoms with Crippen molar-refractivity contribution in [2.45, 2.75) is 32.9 Å². The molecule has 0 radical (unpaired) electrons. The van der Waals surface area contributed by atoms with Gasteiger partial charge in [-0.2, -0.15) is 0 Å². The third kappa shape index (κ3) is 5.23. The van der Waals surface area contributed by atoms with Gasteiger partial charge in [-0.05, 0) is 24.5 Å². The fourth-order valence-electron chi connectivity index (χ4n) is 1.75. The smallest absolute Gasteiger partial charge is 0.315 e. The van der Waals surface area contributed by atoms with Crippen LogP contribution in [0.2, 0.25) is 0 Å². The molecule has 3 N–H and O–H groups in total. The van der Waals surface area contributed by atoms with Crippen LogP contribution >= 0.6 is 0 Å². The first kappa shape index (κ1) is 14.6. The second kappa shape index (κ2) is 7.76. The van der Waals surface area contributed by atoms with Gasteiger partial charge in [-0.3, -0.25) is 0 Å². The maximum Gasteiger partial charge on any atom is 0.315 e. The molecule has 0 aliphatic heterocycles. The second-order valence-electron chi connectivity index (χ2n) is 4.68. The zero-order valence-corrected chi connectivity index (χ0v) is 11.1. The van der Waals surface area contributed by atoms with Crippen LogP contribution in [0.5, 0.6) is 0 Å². The molecule has 0 aromatic carbocycles. The molecule has 0 spiro atoms. The molecule has 1 aromatic rings. The lowest BCUT2D eigenvalue weighted by Crippen LogP contribution is -2.45. The number of rotatable bonds is 7. The van der Waals surface area contributed by atoms with Gasteiger partial charge in [0.1, 0.15) is 0 Å². The van der Waals surface area contributed by atoms with Crippen LogP contribution in [0, 0.1) is 5.92 Å². The van der Waals surface area contributed by atoms with Crippen molar-refractivity contribution < 1.29 is 9.90 Å². The number of urea groups is 1. The number of aliphatic hydroxyl groups is 1. The van der Waals surface area contributed by atoms with Crippen LogP contribution in [0.3, 0.4) is 0 Å². The van der Waals surface area contributed by atoms with Gasteiger partial charge in [-0.25, -0.2) is 4.79 Å². The molecule has 0 saturated carbocycles. The minimum Gasteiger partial charge on any atom is -0.396 e. The Kier molecular flexibility index (Phi) is 6.28. The first-order valence-corrected chi connectivity index (χ1v) is 6.39. The number of carbonyl (C=O) groups excluding carboxylic acids is 1. The molecule has 0 aliphatic carbocycles. The first-order chi connectivity index (χ1) is 8.63. The Bertz CT molecular complexity index is 336. The molecule has 1 aromatic heterocycles. The van der Waals surface area contributed by atoms with Crippen LogP contribution in [-0.4, -0.2) is 34.9 Å². The third-order valence-electron chi connectivity index (χ3n) is 2.88. The van der Waals surface area contributed by atoms with E-state index in [1.165, 1.54) is 0 Å². The van der Waals surface area contributed by atoms with Crippen molar-refractivity contribution in [3.8, 4) is 0 Å². The molecule has 18 heavy (non-hydrogen) atoms. The molecule has 1 heterocycles. The summed E-state index contributed by atoms with van der Waals surface area (Å²) in [6.07, 6.45) is 4.51. The molecule has 2 amide bonds. The minimum absolute atomic E-state index is 0.0154. The highest BCUT2D eigenvalue weighted by Gasteiger charge is 2.14. The fraction of sp³-hybridized carbons (Fsp3) is 0.615. The number of hydrogen-bond acceptors (Lipinski definition) is 2. The highest BCUT2D eigenvalue weighted by molar-refractivity contribution is 5.74. The van der Waals surface area contributed by atoms with Gasteiger partial charge < -0.3 is 20.3 Å². The van der Waals surface area contributed by atoms with E-state index in [0.717, 1.165) is 6.54 Å². The van der Waals surface area contributed by atoms with Crippen molar-refractivity contribution in [3.05, 3.63) is 24.5 Å². The van der Waals surface area contributed by atoms with E-state index in [9.17, 15) is 4.79 Å². The van der Waals surface area contributed by atoms with Gasteiger partial charge in [-0.1, -0.05) is 13.8 Å². The van der Waals surface area contributed by atoms with Crippen molar-refractivity contribution in [1.29, 1.82) is 0 Å². The lowest BCUT2D eigenvalue weighted by atomic mass is 10.0. The molecule has 5 heteroatoms. The molecule has 1 rings (SSSR count). The monoisotopic (exact) mass is 253 g/mol. The summed E-state index contributed by atoms with van der Waals surface area (Å²) in [5.74, 6) is 0.312. The topological polar surface area (TPSA) is 66.3 Å². The molecular formula is C13H23N3O2. The van der Waals surface area contributed by atoms with E-state index in [1.54, 1.807) is 0 Å². The molecule has 0 saturated heterocycles. The predicted molar refractivity (Wildman–Crippen MR) is 71.3 cm³/mol. The maximum absolute atomic E-state index is 11.6. The Morgan fingerprint density at radius 2 is 2.00 bits per heavy atom. The number of carbonyl (C=O) groups is 1. The van der Waals surface area contributed by atoms with Crippen LogP contribution in [0.1, 0.15) is 20.3 Å². The molecule has 0 fully saturated rings. The molecule has 1 atom stereocenters. The van der Waals surface area contributed by atoms with Crippen molar-refractivity contribution in [2.24, 2.45) is 5.92 Å². The van der Waals surface area contributed by atoms with Crippen molar-refractivity contribution >= 4 is 6.03 Å². The Morgan fingerprint density at radius 1 is 1.33 bits per heavy atom. The second-order valence-corrected chi connectivity index (χ2v) is 4.68. The Morgan fingerprint density at radius 3 is 2.56 bits per heavy atom. The number of nitrogens with one attached hydrogen (secondary N) is 2. The summed E-state index contributed by atoms with van der Waals surface area (Å²) in [4.78, 5) is 11.6. The predicted octanol–water partition coefficient (Wildman–Crippen LogP) is 1.19. The van der Waals surface area contributed by atoms with Gasteiger partial charge >= 0.3 is 6.03 Å². The molecule has 1 unspecified atom stereocenters. The van der Waals surface area contributed by atoms with E-state index in [0.29, 0.717) is 18.9 Å². The van der Waals surface area contributed by atoms with E-state index in [2.05, 4.69) is 10.6 Å². The Labute approximate surface area is 108 Å². The molecule has 0 aliphatic rings. The summed E-state index contributed by atoms with van der Waals surface area (Å²) in [6, 6.07) is 3.75. The van der Waals surface area contributed by atoms with Crippen LogP contribution in [0.25, 0.3) is 0 Å². The van der Waals surface area contributed by atoms with E-state index in [-0.39, 0.29) is 18.7 Å². The van der Waals surface area contributed by atoms with Crippen LogP contribution in [0.4, 0.5) is 4.79 Å². The zero-order chi connectivity index (χ0) is 13.4. The normalized spacial score (nSPS) is 12.4. The zero-order valence-electron chi connectivity index (χ0n) is 11.1. The number of aliphatic hydroxyl groups excluding tert-OH is 1. The first-order valence-electron chi connectivity index (χ1n) is 6.39. The number of amides is 2. The van der Waals surface area contributed by atoms with Crippen LogP contribution in [0.15, 0.2) is 24.5 Å². The third-order valence-corrected chi connectivity index (χ3v) is 2.88. The quantitative estimate of drug-likeness (QED) is 0.683. The SMILES string of the molecule is CC(C)C(CCO)NC(=O)NCCn1cccc1. The summed E-state index contributed by atoms with van der Waals surface area (Å²) in [7, 11) is 0. The highest BCUT2D eigenvalue weighted by atomic mass is 16.3. The molecular weight excluding hydrogens is 230 g/mol. The summed E-state index contributed by atoms with van der Waals surface area (Å²) >= 11 is 0. The van der Waals surface area contributed by atoms with E-state index < -0.39 is 0 Å². The number of hydrogen-bond donors (Lipinski definition) is 3. The average molecular weight is 253 g/mol.